The largest absolute Gasteiger partial charge is 0.337 e. The summed E-state index contributed by atoms with van der Waals surface area (Å²) >= 11 is 1.46. The highest BCUT2D eigenvalue weighted by atomic mass is 32.2. The van der Waals surface area contributed by atoms with Crippen LogP contribution in [0.4, 0.5) is 4.79 Å². The van der Waals surface area contributed by atoms with Crippen LogP contribution in [0.5, 0.6) is 0 Å². The summed E-state index contributed by atoms with van der Waals surface area (Å²) in [5.74, 6) is 0. The molecule has 1 amide bonds. The van der Waals surface area contributed by atoms with Gasteiger partial charge in [-0.25, -0.2) is 0 Å². The van der Waals surface area contributed by atoms with Gasteiger partial charge in [0, 0.05) is 18.3 Å². The van der Waals surface area contributed by atoms with E-state index in [1.54, 1.807) is 4.90 Å². The number of thioether (sulfide) groups is 1. The standard InChI is InChI=1S/C8H15NOS/c1-8(2)5-4-6-9(3)7(10)11-8/h4-6H2,1-3H3. The first kappa shape index (κ1) is 8.91. The van der Waals surface area contributed by atoms with Gasteiger partial charge in [-0.1, -0.05) is 25.6 Å². The van der Waals surface area contributed by atoms with E-state index in [0.717, 1.165) is 19.4 Å². The summed E-state index contributed by atoms with van der Waals surface area (Å²) in [6.45, 7) is 5.18. The quantitative estimate of drug-likeness (QED) is 0.560. The van der Waals surface area contributed by atoms with Crippen molar-refractivity contribution in [3.8, 4) is 0 Å². The number of carbonyl (C=O) groups excluding carboxylic acids is 1. The summed E-state index contributed by atoms with van der Waals surface area (Å²) < 4.78 is 0.141. The van der Waals surface area contributed by atoms with E-state index in [2.05, 4.69) is 13.8 Å². The van der Waals surface area contributed by atoms with Crippen molar-refractivity contribution in [2.45, 2.75) is 31.4 Å². The van der Waals surface area contributed by atoms with Crippen LogP contribution in [-0.4, -0.2) is 28.5 Å². The third-order valence-corrected chi connectivity index (χ3v) is 3.19. The Morgan fingerprint density at radius 2 is 2.18 bits per heavy atom. The Hall–Kier alpha value is -0.180. The minimum atomic E-state index is 0.141. The van der Waals surface area contributed by atoms with Crippen LogP contribution < -0.4 is 0 Å². The molecule has 0 aromatic heterocycles. The maximum atomic E-state index is 11.3. The van der Waals surface area contributed by atoms with Crippen molar-refractivity contribution in [2.75, 3.05) is 13.6 Å². The Balaban J connectivity index is 2.63. The average Bonchev–Trinajstić information content (AvgIpc) is 1.93. The first-order valence-electron chi connectivity index (χ1n) is 3.95. The van der Waals surface area contributed by atoms with Gasteiger partial charge in [0.25, 0.3) is 5.24 Å². The fourth-order valence-corrected chi connectivity index (χ4v) is 2.16. The molecule has 0 unspecified atom stereocenters. The van der Waals surface area contributed by atoms with Crippen molar-refractivity contribution in [2.24, 2.45) is 0 Å². The van der Waals surface area contributed by atoms with E-state index in [9.17, 15) is 4.79 Å². The molecule has 1 aliphatic rings. The van der Waals surface area contributed by atoms with E-state index >= 15 is 0 Å². The molecule has 1 heterocycles. The Morgan fingerprint density at radius 3 is 2.82 bits per heavy atom. The molecular formula is C8H15NOS. The molecule has 0 radical (unpaired) electrons. The molecular weight excluding hydrogens is 158 g/mol. The highest BCUT2D eigenvalue weighted by Crippen LogP contribution is 2.33. The van der Waals surface area contributed by atoms with E-state index < -0.39 is 0 Å². The summed E-state index contributed by atoms with van der Waals surface area (Å²) in [5.41, 5.74) is 0. The normalized spacial score (nSPS) is 25.0. The summed E-state index contributed by atoms with van der Waals surface area (Å²) in [4.78, 5) is 13.1. The molecule has 1 fully saturated rings. The minimum Gasteiger partial charge on any atom is -0.337 e. The van der Waals surface area contributed by atoms with Crippen molar-refractivity contribution in [1.82, 2.24) is 4.90 Å². The van der Waals surface area contributed by atoms with Gasteiger partial charge < -0.3 is 4.90 Å². The van der Waals surface area contributed by atoms with Gasteiger partial charge in [0.15, 0.2) is 0 Å². The molecule has 1 aliphatic heterocycles. The van der Waals surface area contributed by atoms with E-state index in [-0.39, 0.29) is 9.99 Å². The summed E-state index contributed by atoms with van der Waals surface area (Å²) in [5, 5.41) is 0.215. The lowest BCUT2D eigenvalue weighted by atomic mass is 10.1. The van der Waals surface area contributed by atoms with Crippen LogP contribution in [0.1, 0.15) is 26.7 Å². The second kappa shape index (κ2) is 3.05. The van der Waals surface area contributed by atoms with Gasteiger partial charge in [-0.05, 0) is 12.8 Å². The van der Waals surface area contributed by atoms with Gasteiger partial charge in [0.05, 0.1) is 0 Å². The van der Waals surface area contributed by atoms with E-state index in [1.165, 1.54) is 11.8 Å². The third-order valence-electron chi connectivity index (χ3n) is 1.95. The van der Waals surface area contributed by atoms with E-state index in [4.69, 9.17) is 0 Å². The van der Waals surface area contributed by atoms with Crippen molar-refractivity contribution in [3.05, 3.63) is 0 Å². The molecule has 0 bridgehead atoms. The van der Waals surface area contributed by atoms with Crippen LogP contribution in [0.3, 0.4) is 0 Å². The average molecular weight is 173 g/mol. The fourth-order valence-electron chi connectivity index (χ4n) is 1.20. The second-order valence-electron chi connectivity index (χ2n) is 3.65. The Labute approximate surface area is 72.3 Å². The van der Waals surface area contributed by atoms with Crippen LogP contribution in [0.15, 0.2) is 0 Å². The first-order valence-corrected chi connectivity index (χ1v) is 4.77. The third kappa shape index (κ3) is 2.40. The molecule has 2 nitrogen and oxygen atoms in total. The van der Waals surface area contributed by atoms with Gasteiger partial charge >= 0.3 is 0 Å². The van der Waals surface area contributed by atoms with Gasteiger partial charge in [-0.3, -0.25) is 4.79 Å². The lowest BCUT2D eigenvalue weighted by Gasteiger charge is -2.19. The Morgan fingerprint density at radius 1 is 1.55 bits per heavy atom. The topological polar surface area (TPSA) is 20.3 Å². The zero-order valence-electron chi connectivity index (χ0n) is 7.39. The minimum absolute atomic E-state index is 0.141. The van der Waals surface area contributed by atoms with Crippen LogP contribution in [0, 0.1) is 0 Å². The molecule has 0 aromatic rings. The van der Waals surface area contributed by atoms with Crippen LogP contribution in [0.2, 0.25) is 0 Å². The van der Waals surface area contributed by atoms with Crippen LogP contribution >= 0.6 is 11.8 Å². The lowest BCUT2D eigenvalue weighted by molar-refractivity contribution is 0.234. The Bertz CT molecular complexity index is 167. The van der Waals surface area contributed by atoms with Crippen LogP contribution in [0.25, 0.3) is 0 Å². The maximum Gasteiger partial charge on any atom is 0.281 e. The lowest BCUT2D eigenvalue weighted by Crippen LogP contribution is -2.23. The van der Waals surface area contributed by atoms with E-state index in [0.29, 0.717) is 0 Å². The molecule has 0 N–H and O–H groups in total. The monoisotopic (exact) mass is 173 g/mol. The highest BCUT2D eigenvalue weighted by molar-refractivity contribution is 8.14. The first-order chi connectivity index (χ1) is 5.01. The molecule has 0 spiro atoms. The summed E-state index contributed by atoms with van der Waals surface area (Å²) in [7, 11) is 1.87. The molecule has 64 valence electrons. The molecule has 0 atom stereocenters. The number of hydrogen-bond donors (Lipinski definition) is 0. The number of nitrogens with zero attached hydrogens (tertiary/aromatic N) is 1. The van der Waals surface area contributed by atoms with Crippen molar-refractivity contribution >= 4 is 17.0 Å². The fraction of sp³-hybridized carbons (Fsp3) is 0.875. The second-order valence-corrected chi connectivity index (χ2v) is 5.31. The maximum absolute atomic E-state index is 11.3. The van der Waals surface area contributed by atoms with Crippen molar-refractivity contribution in [3.63, 3.8) is 0 Å². The number of rotatable bonds is 0. The summed E-state index contributed by atoms with van der Waals surface area (Å²) in [6.07, 6.45) is 2.26. The number of hydrogen-bond acceptors (Lipinski definition) is 2. The SMILES string of the molecule is CN1CCCC(C)(C)SC1=O. The van der Waals surface area contributed by atoms with Crippen molar-refractivity contribution < 1.29 is 4.79 Å². The number of amides is 1. The van der Waals surface area contributed by atoms with Crippen molar-refractivity contribution in [1.29, 1.82) is 0 Å². The van der Waals surface area contributed by atoms with Gasteiger partial charge in [-0.2, -0.15) is 0 Å². The predicted molar refractivity (Wildman–Crippen MR) is 48.9 cm³/mol. The zero-order chi connectivity index (χ0) is 8.48. The smallest absolute Gasteiger partial charge is 0.281 e. The molecule has 0 aliphatic carbocycles. The van der Waals surface area contributed by atoms with Crippen LogP contribution in [-0.2, 0) is 0 Å². The molecule has 0 aromatic carbocycles. The Kier molecular flexibility index (Phi) is 2.47. The van der Waals surface area contributed by atoms with Gasteiger partial charge in [0.2, 0.25) is 0 Å². The van der Waals surface area contributed by atoms with Gasteiger partial charge in [0.1, 0.15) is 0 Å². The molecule has 1 saturated heterocycles. The van der Waals surface area contributed by atoms with E-state index in [1.807, 2.05) is 7.05 Å². The van der Waals surface area contributed by atoms with Gasteiger partial charge in [-0.15, -0.1) is 0 Å². The highest BCUT2D eigenvalue weighted by Gasteiger charge is 2.27. The zero-order valence-corrected chi connectivity index (χ0v) is 8.20. The molecule has 0 saturated carbocycles. The molecule has 1 rings (SSSR count). The molecule has 11 heavy (non-hydrogen) atoms. The number of carbonyl (C=O) groups is 1. The molecule has 3 heteroatoms. The summed E-state index contributed by atoms with van der Waals surface area (Å²) in [6, 6.07) is 0. The predicted octanol–water partition coefficient (Wildman–Crippen LogP) is 2.34.